The molecule has 0 fully saturated rings. The number of nitrogens with zero attached hydrogens (tertiary/aromatic N) is 2. The van der Waals surface area contributed by atoms with E-state index in [0.717, 1.165) is 0 Å². The van der Waals surface area contributed by atoms with E-state index in [9.17, 15) is 17.5 Å². The third kappa shape index (κ3) is 2.77. The largest absolute Gasteiger partial charge is 0.465 e. The van der Waals surface area contributed by atoms with Gasteiger partial charge in [0.15, 0.2) is 0 Å². The topological polar surface area (TPSA) is 65.2 Å². The van der Waals surface area contributed by atoms with Crippen molar-refractivity contribution in [1.29, 1.82) is 0 Å². The molecule has 0 atom stereocenters. The molecular weight excluding hydrogens is 297 g/mol. The fourth-order valence-corrected chi connectivity index (χ4v) is 1.54. The number of hydrogen-bond donors (Lipinski definition) is 0. The molecule has 0 radical (unpaired) electrons. The molecule has 2 aromatic rings. The number of esters is 1. The van der Waals surface area contributed by atoms with Crippen LogP contribution in [-0.2, 0) is 9.99 Å². The molecule has 1 aromatic heterocycles. The predicted molar refractivity (Wildman–Crippen MR) is 63.7 cm³/mol. The second-order valence-electron chi connectivity index (χ2n) is 3.59. The summed E-state index contributed by atoms with van der Waals surface area (Å²) < 4.78 is 46.9. The van der Waals surface area contributed by atoms with E-state index in [1.165, 1.54) is 31.4 Å². The molecule has 2 rings (SSSR count). The number of alkyl halides is 2. The van der Waals surface area contributed by atoms with Gasteiger partial charge in [-0.15, -0.1) is 0 Å². The fourth-order valence-electron chi connectivity index (χ4n) is 1.40. The third-order valence-corrected chi connectivity index (χ3v) is 2.68. The Morgan fingerprint density at radius 3 is 2.85 bits per heavy atom. The van der Waals surface area contributed by atoms with E-state index in [4.69, 9.17) is 0 Å². The number of carbonyl (C=O) groups excluding carboxylic acids is 1. The Kier molecular flexibility index (Phi) is 3.98. The molecular formula is C11H7F3N2O3S. The lowest BCUT2D eigenvalue weighted by molar-refractivity contribution is 0.0599. The highest BCUT2D eigenvalue weighted by molar-refractivity contribution is 7.94. The molecule has 0 saturated heterocycles. The van der Waals surface area contributed by atoms with Crippen LogP contribution in [0.15, 0.2) is 28.8 Å². The van der Waals surface area contributed by atoms with Crippen molar-refractivity contribution in [2.45, 2.75) is 5.25 Å². The van der Waals surface area contributed by atoms with Gasteiger partial charge in [-0.3, -0.25) is 0 Å². The lowest BCUT2D eigenvalue weighted by Gasteiger charge is -2.02. The average molecular weight is 304 g/mol. The summed E-state index contributed by atoms with van der Waals surface area (Å²) in [6.45, 7) is 0. The van der Waals surface area contributed by atoms with Gasteiger partial charge < -0.3 is 9.26 Å². The number of hydrogen-bond acceptors (Lipinski definition) is 6. The zero-order chi connectivity index (χ0) is 14.8. The second-order valence-corrected chi connectivity index (χ2v) is 4.26. The van der Waals surface area contributed by atoms with E-state index in [-0.39, 0.29) is 17.0 Å². The first-order valence-electron chi connectivity index (χ1n) is 5.18. The van der Waals surface area contributed by atoms with Gasteiger partial charge >= 0.3 is 17.1 Å². The summed E-state index contributed by atoms with van der Waals surface area (Å²) in [6.07, 6.45) is 0. The normalized spacial score (nSPS) is 11.4. The molecule has 1 heterocycles. The highest BCUT2D eigenvalue weighted by atomic mass is 32.2. The number of halogens is 3. The van der Waals surface area contributed by atoms with Gasteiger partial charge in [-0.2, -0.15) is 17.7 Å². The minimum Gasteiger partial charge on any atom is -0.465 e. The zero-order valence-electron chi connectivity index (χ0n) is 9.97. The molecule has 0 aliphatic rings. The number of aromatic nitrogens is 2. The predicted octanol–water partition coefficient (Wildman–Crippen LogP) is 3.19. The minimum atomic E-state index is -3.91. The standard InChI is InChI=1S/C11H7F3N2O3S/c1-18-9(17)7-4-2-3-6(5-7)8-15-10(19-16-8)11(12,13)20-14/h2-5H,1H3. The maximum absolute atomic E-state index is 13.0. The summed E-state index contributed by atoms with van der Waals surface area (Å²) in [4.78, 5) is 14.8. The first kappa shape index (κ1) is 14.4. The Bertz CT molecular complexity index is 633. The number of rotatable bonds is 4. The van der Waals surface area contributed by atoms with E-state index in [1.807, 2.05) is 0 Å². The molecule has 0 saturated carbocycles. The summed E-state index contributed by atoms with van der Waals surface area (Å²) in [5, 5.41) is -0.583. The van der Waals surface area contributed by atoms with E-state index in [0.29, 0.717) is 0 Å². The first-order valence-corrected chi connectivity index (χ1v) is 5.90. The van der Waals surface area contributed by atoms with Gasteiger partial charge in [0.1, 0.15) is 12.1 Å². The van der Waals surface area contributed by atoms with E-state index in [1.54, 1.807) is 0 Å². The fraction of sp³-hybridized carbons (Fsp3) is 0.182. The van der Waals surface area contributed by atoms with Crippen molar-refractivity contribution >= 4 is 18.1 Å². The van der Waals surface area contributed by atoms with E-state index < -0.39 is 29.3 Å². The van der Waals surface area contributed by atoms with Crippen LogP contribution in [-0.4, -0.2) is 23.2 Å². The van der Waals surface area contributed by atoms with E-state index in [2.05, 4.69) is 19.4 Å². The van der Waals surface area contributed by atoms with Crippen LogP contribution in [0.4, 0.5) is 12.7 Å². The van der Waals surface area contributed by atoms with Crippen LogP contribution in [0.1, 0.15) is 16.2 Å². The third-order valence-electron chi connectivity index (χ3n) is 2.31. The summed E-state index contributed by atoms with van der Waals surface area (Å²) in [5.74, 6) is -1.93. The van der Waals surface area contributed by atoms with Gasteiger partial charge in [-0.1, -0.05) is 17.3 Å². The van der Waals surface area contributed by atoms with Gasteiger partial charge in [0.25, 0.3) is 0 Å². The van der Waals surface area contributed by atoms with Crippen molar-refractivity contribution in [2.75, 3.05) is 7.11 Å². The first-order chi connectivity index (χ1) is 9.47. The molecule has 0 aliphatic heterocycles. The smallest absolute Gasteiger partial charge is 0.399 e. The van der Waals surface area contributed by atoms with Crippen LogP contribution < -0.4 is 0 Å². The molecule has 0 amide bonds. The average Bonchev–Trinajstić information content (AvgIpc) is 2.97. The monoisotopic (exact) mass is 304 g/mol. The quantitative estimate of drug-likeness (QED) is 0.808. The van der Waals surface area contributed by atoms with E-state index >= 15 is 0 Å². The van der Waals surface area contributed by atoms with Gasteiger partial charge in [-0.05, 0) is 12.1 Å². The van der Waals surface area contributed by atoms with Gasteiger partial charge in [-0.25, -0.2) is 4.79 Å². The number of ether oxygens (including phenoxy) is 1. The maximum atomic E-state index is 13.0. The van der Waals surface area contributed by atoms with Crippen LogP contribution in [0.25, 0.3) is 11.4 Å². The van der Waals surface area contributed by atoms with Crippen molar-refractivity contribution in [2.24, 2.45) is 0 Å². The summed E-state index contributed by atoms with van der Waals surface area (Å²) in [5.41, 5.74) is 0.463. The molecule has 106 valence electrons. The lowest BCUT2D eigenvalue weighted by Crippen LogP contribution is -2.06. The highest BCUT2D eigenvalue weighted by Crippen LogP contribution is 2.39. The van der Waals surface area contributed by atoms with Crippen molar-refractivity contribution < 1.29 is 26.7 Å². The SMILES string of the molecule is COC(=O)c1cccc(-c2noc(C(F)(F)SF)n2)c1. The number of carbonyl (C=O) groups is 1. The Balaban J connectivity index is 2.35. The Morgan fingerprint density at radius 1 is 1.45 bits per heavy atom. The molecule has 1 aromatic carbocycles. The Labute approximate surface area is 115 Å². The van der Waals surface area contributed by atoms with Gasteiger partial charge in [0.05, 0.1) is 12.7 Å². The molecule has 0 spiro atoms. The molecule has 20 heavy (non-hydrogen) atoms. The molecule has 9 heteroatoms. The second kappa shape index (κ2) is 5.53. The minimum absolute atomic E-state index is 0.181. The maximum Gasteiger partial charge on any atom is 0.399 e. The van der Waals surface area contributed by atoms with Crippen LogP contribution in [0.5, 0.6) is 0 Å². The summed E-state index contributed by atoms with van der Waals surface area (Å²) in [6, 6.07) is 5.81. The van der Waals surface area contributed by atoms with Gasteiger partial charge in [0, 0.05) is 5.56 Å². The Hall–Kier alpha value is -2.03. The van der Waals surface area contributed by atoms with Crippen molar-refractivity contribution in [3.05, 3.63) is 35.7 Å². The molecule has 0 unspecified atom stereocenters. The number of methoxy groups -OCH3 is 1. The zero-order valence-corrected chi connectivity index (χ0v) is 10.8. The lowest BCUT2D eigenvalue weighted by atomic mass is 10.1. The van der Waals surface area contributed by atoms with Crippen LogP contribution in [0.2, 0.25) is 0 Å². The van der Waals surface area contributed by atoms with Crippen LogP contribution >= 0.6 is 12.1 Å². The Morgan fingerprint density at radius 2 is 2.20 bits per heavy atom. The molecule has 0 N–H and O–H groups in total. The van der Waals surface area contributed by atoms with Crippen molar-refractivity contribution in [3.63, 3.8) is 0 Å². The summed E-state index contributed by atoms with van der Waals surface area (Å²) >= 11 is -1.20. The molecule has 0 bridgehead atoms. The van der Waals surface area contributed by atoms with Crippen molar-refractivity contribution in [3.8, 4) is 11.4 Å². The molecule has 0 aliphatic carbocycles. The summed E-state index contributed by atoms with van der Waals surface area (Å²) in [7, 11) is 1.21. The molecule has 5 nitrogen and oxygen atoms in total. The van der Waals surface area contributed by atoms with Crippen molar-refractivity contribution in [1.82, 2.24) is 10.1 Å². The van der Waals surface area contributed by atoms with Crippen LogP contribution in [0, 0.1) is 0 Å². The van der Waals surface area contributed by atoms with Gasteiger partial charge in [0.2, 0.25) is 5.82 Å². The highest BCUT2D eigenvalue weighted by Gasteiger charge is 2.41. The van der Waals surface area contributed by atoms with Crippen LogP contribution in [0.3, 0.4) is 0 Å². The number of benzene rings is 1.